The molecule has 0 bridgehead atoms. The predicted octanol–water partition coefficient (Wildman–Crippen LogP) is 2.43. The summed E-state index contributed by atoms with van der Waals surface area (Å²) < 4.78 is 4.97. The molecule has 118 valence electrons. The second-order valence-corrected chi connectivity index (χ2v) is 5.41. The molecule has 0 saturated carbocycles. The Labute approximate surface area is 130 Å². The van der Waals surface area contributed by atoms with Crippen LogP contribution in [-0.4, -0.2) is 25.0 Å². The largest absolute Gasteiger partial charge is 0.452 e. The van der Waals surface area contributed by atoms with Crippen LogP contribution in [0.3, 0.4) is 0 Å². The molecule has 1 aliphatic carbocycles. The number of benzene rings is 1. The molecule has 1 aromatic carbocycles. The molecule has 0 fully saturated rings. The number of nitrogens with two attached hydrogens (primary N) is 1. The van der Waals surface area contributed by atoms with Gasteiger partial charge in [-0.15, -0.1) is 0 Å². The van der Waals surface area contributed by atoms with Crippen LogP contribution in [0.2, 0.25) is 0 Å². The van der Waals surface area contributed by atoms with Gasteiger partial charge in [0.25, 0.3) is 5.91 Å². The maximum atomic E-state index is 11.7. The number of allylic oxidation sites excluding steroid dienone is 1. The number of carbonyl (C=O) groups excluding carboxylic acids is 2. The van der Waals surface area contributed by atoms with Crippen LogP contribution >= 0.6 is 0 Å². The summed E-state index contributed by atoms with van der Waals surface area (Å²) in [5.41, 5.74) is 7.91. The second-order valence-electron chi connectivity index (χ2n) is 5.41. The minimum Gasteiger partial charge on any atom is -0.452 e. The van der Waals surface area contributed by atoms with Crippen molar-refractivity contribution in [1.82, 2.24) is 5.32 Å². The van der Waals surface area contributed by atoms with Crippen LogP contribution in [0.5, 0.6) is 0 Å². The quantitative estimate of drug-likeness (QED) is 0.480. The lowest BCUT2D eigenvalue weighted by Gasteiger charge is -2.13. The molecule has 5 nitrogen and oxygen atoms in total. The van der Waals surface area contributed by atoms with Crippen LogP contribution in [-0.2, 0) is 9.53 Å². The van der Waals surface area contributed by atoms with Gasteiger partial charge < -0.3 is 15.8 Å². The minimum absolute atomic E-state index is 0.262. The van der Waals surface area contributed by atoms with Crippen molar-refractivity contribution in [2.45, 2.75) is 32.1 Å². The van der Waals surface area contributed by atoms with Gasteiger partial charge in [-0.05, 0) is 56.4 Å². The lowest BCUT2D eigenvalue weighted by atomic mass is 9.97. The lowest BCUT2D eigenvalue weighted by Crippen LogP contribution is -2.29. The number of carbonyl (C=O) groups is 2. The summed E-state index contributed by atoms with van der Waals surface area (Å²) in [4.78, 5) is 23.4. The number of ether oxygens (including phenoxy) is 1. The van der Waals surface area contributed by atoms with Crippen LogP contribution in [0.4, 0.5) is 5.69 Å². The van der Waals surface area contributed by atoms with Crippen molar-refractivity contribution < 1.29 is 14.3 Å². The fourth-order valence-corrected chi connectivity index (χ4v) is 2.38. The van der Waals surface area contributed by atoms with Gasteiger partial charge in [-0.25, -0.2) is 4.79 Å². The highest BCUT2D eigenvalue weighted by molar-refractivity contribution is 5.91. The van der Waals surface area contributed by atoms with E-state index in [-0.39, 0.29) is 12.5 Å². The number of nitrogen functional groups attached to an aromatic ring is 1. The molecule has 0 atom stereocenters. The van der Waals surface area contributed by atoms with E-state index in [9.17, 15) is 9.59 Å². The number of esters is 1. The lowest BCUT2D eigenvalue weighted by molar-refractivity contribution is -0.124. The summed E-state index contributed by atoms with van der Waals surface area (Å²) in [5.74, 6) is -0.801. The van der Waals surface area contributed by atoms with E-state index in [0.29, 0.717) is 17.8 Å². The zero-order chi connectivity index (χ0) is 15.8. The number of hydrogen-bond donors (Lipinski definition) is 2. The van der Waals surface area contributed by atoms with Crippen molar-refractivity contribution >= 4 is 17.6 Å². The van der Waals surface area contributed by atoms with Crippen LogP contribution in [0.15, 0.2) is 35.9 Å². The Bertz CT molecular complexity index is 550. The van der Waals surface area contributed by atoms with E-state index in [2.05, 4.69) is 11.4 Å². The molecule has 3 N–H and O–H groups in total. The summed E-state index contributed by atoms with van der Waals surface area (Å²) >= 11 is 0. The van der Waals surface area contributed by atoms with Crippen LogP contribution in [0.1, 0.15) is 42.5 Å². The van der Waals surface area contributed by atoms with Crippen molar-refractivity contribution in [3.8, 4) is 0 Å². The Morgan fingerprint density at radius 1 is 1.18 bits per heavy atom. The van der Waals surface area contributed by atoms with Gasteiger partial charge >= 0.3 is 5.97 Å². The monoisotopic (exact) mass is 302 g/mol. The number of nitrogens with one attached hydrogen (secondary N) is 1. The molecule has 2 rings (SSSR count). The number of anilines is 1. The molecule has 1 aliphatic rings. The fourth-order valence-electron chi connectivity index (χ4n) is 2.38. The van der Waals surface area contributed by atoms with Crippen molar-refractivity contribution in [1.29, 1.82) is 0 Å². The molecule has 0 aromatic heterocycles. The molecular weight excluding hydrogens is 280 g/mol. The molecule has 22 heavy (non-hydrogen) atoms. The smallest absolute Gasteiger partial charge is 0.338 e. The van der Waals surface area contributed by atoms with E-state index in [1.165, 1.54) is 18.4 Å². The van der Waals surface area contributed by atoms with E-state index >= 15 is 0 Å². The van der Waals surface area contributed by atoms with Crippen LogP contribution < -0.4 is 11.1 Å². The molecule has 0 unspecified atom stereocenters. The third kappa shape index (κ3) is 5.24. The molecular formula is C17H22N2O3. The standard InChI is InChI=1S/C17H22N2O3/c18-15-8-6-14(7-9-15)17(21)22-12-16(20)19-11-10-13-4-2-1-3-5-13/h4,6-9H,1-3,5,10-12,18H2,(H,19,20). The minimum atomic E-state index is -0.523. The summed E-state index contributed by atoms with van der Waals surface area (Å²) in [7, 11) is 0. The Balaban J connectivity index is 1.65. The zero-order valence-electron chi connectivity index (χ0n) is 12.6. The second kappa shape index (κ2) is 8.22. The SMILES string of the molecule is Nc1ccc(C(=O)OCC(=O)NCCC2=CCCCC2)cc1. The average Bonchev–Trinajstić information content (AvgIpc) is 2.54. The van der Waals surface area contributed by atoms with Gasteiger partial charge in [-0.2, -0.15) is 0 Å². The maximum absolute atomic E-state index is 11.7. The van der Waals surface area contributed by atoms with Gasteiger partial charge in [0.05, 0.1) is 5.56 Å². The third-order valence-corrected chi connectivity index (χ3v) is 3.63. The maximum Gasteiger partial charge on any atom is 0.338 e. The highest BCUT2D eigenvalue weighted by Gasteiger charge is 2.10. The Morgan fingerprint density at radius 2 is 1.95 bits per heavy atom. The van der Waals surface area contributed by atoms with Gasteiger partial charge in [-0.3, -0.25) is 4.79 Å². The van der Waals surface area contributed by atoms with Crippen molar-refractivity contribution in [2.24, 2.45) is 0 Å². The van der Waals surface area contributed by atoms with E-state index < -0.39 is 5.97 Å². The number of amides is 1. The summed E-state index contributed by atoms with van der Waals surface area (Å²) in [6.45, 7) is 0.326. The third-order valence-electron chi connectivity index (χ3n) is 3.63. The molecule has 0 heterocycles. The average molecular weight is 302 g/mol. The first-order chi connectivity index (χ1) is 10.6. The molecule has 0 saturated heterocycles. The van der Waals surface area contributed by atoms with Gasteiger partial charge in [0.2, 0.25) is 0 Å². The van der Waals surface area contributed by atoms with E-state index in [4.69, 9.17) is 10.5 Å². The fraction of sp³-hybridized carbons (Fsp3) is 0.412. The van der Waals surface area contributed by atoms with Crippen molar-refractivity contribution in [2.75, 3.05) is 18.9 Å². The molecule has 5 heteroatoms. The van der Waals surface area contributed by atoms with Crippen LogP contribution in [0, 0.1) is 0 Å². The van der Waals surface area contributed by atoms with Gasteiger partial charge in [0.15, 0.2) is 6.61 Å². The highest BCUT2D eigenvalue weighted by atomic mass is 16.5. The Morgan fingerprint density at radius 3 is 2.64 bits per heavy atom. The molecule has 1 amide bonds. The number of rotatable bonds is 6. The van der Waals surface area contributed by atoms with E-state index in [1.807, 2.05) is 0 Å². The van der Waals surface area contributed by atoms with Gasteiger partial charge in [0, 0.05) is 12.2 Å². The van der Waals surface area contributed by atoms with Gasteiger partial charge in [-0.1, -0.05) is 11.6 Å². The first-order valence-corrected chi connectivity index (χ1v) is 7.62. The van der Waals surface area contributed by atoms with Crippen LogP contribution in [0.25, 0.3) is 0 Å². The van der Waals surface area contributed by atoms with Crippen molar-refractivity contribution in [3.63, 3.8) is 0 Å². The van der Waals surface area contributed by atoms with Crippen molar-refractivity contribution in [3.05, 3.63) is 41.5 Å². The molecule has 1 aromatic rings. The first-order valence-electron chi connectivity index (χ1n) is 7.62. The first kappa shape index (κ1) is 16.1. The normalized spacial score (nSPS) is 14.1. The molecule has 0 spiro atoms. The molecule has 0 radical (unpaired) electrons. The number of hydrogen-bond acceptors (Lipinski definition) is 4. The van der Waals surface area contributed by atoms with E-state index in [1.54, 1.807) is 24.3 Å². The molecule has 0 aliphatic heterocycles. The summed E-state index contributed by atoms with van der Waals surface area (Å²) in [6.07, 6.45) is 7.90. The van der Waals surface area contributed by atoms with E-state index in [0.717, 1.165) is 19.3 Å². The van der Waals surface area contributed by atoms with Gasteiger partial charge in [0.1, 0.15) is 0 Å². The topological polar surface area (TPSA) is 81.4 Å². The highest BCUT2D eigenvalue weighted by Crippen LogP contribution is 2.19. The Hall–Kier alpha value is -2.30. The zero-order valence-corrected chi connectivity index (χ0v) is 12.6. The Kier molecular flexibility index (Phi) is 6.01. The predicted molar refractivity (Wildman–Crippen MR) is 85.3 cm³/mol. The summed E-state index contributed by atoms with van der Waals surface area (Å²) in [6, 6.07) is 6.39. The summed E-state index contributed by atoms with van der Waals surface area (Å²) in [5, 5.41) is 2.77.